The third kappa shape index (κ3) is 9.15. The summed E-state index contributed by atoms with van der Waals surface area (Å²) in [6.45, 7) is 3.62. The first-order valence-electron chi connectivity index (χ1n) is 4.55. The van der Waals surface area contributed by atoms with Crippen LogP contribution in [0.25, 0.3) is 0 Å². The molecule has 0 rings (SSSR count). The van der Waals surface area contributed by atoms with Crippen molar-refractivity contribution in [3.05, 3.63) is 24.3 Å². The first-order chi connectivity index (χ1) is 5.77. The van der Waals surface area contributed by atoms with E-state index in [1.807, 2.05) is 13.0 Å². The number of carbonyl (C=O) groups is 1. The molecule has 0 aliphatic rings. The van der Waals surface area contributed by atoms with Crippen LogP contribution in [0.5, 0.6) is 0 Å². The first kappa shape index (κ1) is 11.2. The molecule has 0 bridgehead atoms. The highest BCUT2D eigenvalue weighted by Gasteiger charge is 1.84. The van der Waals surface area contributed by atoms with Crippen LogP contribution in [0.15, 0.2) is 24.3 Å². The second kappa shape index (κ2) is 8.25. The van der Waals surface area contributed by atoms with Crippen LogP contribution in [-0.2, 0) is 4.79 Å². The molecule has 0 aromatic heterocycles. The maximum atomic E-state index is 10.5. The number of ketones is 1. The van der Waals surface area contributed by atoms with Crippen LogP contribution in [0.2, 0.25) is 0 Å². The number of unbranched alkanes of at least 4 members (excludes halogenated alkanes) is 3. The van der Waals surface area contributed by atoms with Crippen LogP contribution < -0.4 is 0 Å². The van der Waals surface area contributed by atoms with Crippen molar-refractivity contribution in [3.8, 4) is 0 Å². The Hall–Kier alpha value is -0.850. The van der Waals surface area contributed by atoms with Gasteiger partial charge in [-0.25, -0.2) is 0 Å². The normalized spacial score (nSPS) is 11.5. The van der Waals surface area contributed by atoms with Gasteiger partial charge in [0, 0.05) is 0 Å². The lowest BCUT2D eigenvalue weighted by molar-refractivity contribution is -0.112. The molecule has 0 unspecified atom stereocenters. The zero-order valence-corrected chi connectivity index (χ0v) is 8.05. The molecule has 0 aliphatic carbocycles. The van der Waals surface area contributed by atoms with E-state index in [0.29, 0.717) is 0 Å². The SMILES string of the molecule is C/C=C/CCCC/C=C/C(C)=O. The second-order valence-corrected chi connectivity index (χ2v) is 2.87. The molecule has 1 nitrogen and oxygen atoms in total. The van der Waals surface area contributed by atoms with E-state index in [1.54, 1.807) is 13.0 Å². The summed E-state index contributed by atoms with van der Waals surface area (Å²) >= 11 is 0. The molecule has 0 heterocycles. The predicted octanol–water partition coefficient (Wildman–Crippen LogP) is 3.27. The Bertz CT molecular complexity index is 166. The van der Waals surface area contributed by atoms with Crippen LogP contribution in [-0.4, -0.2) is 5.78 Å². The van der Waals surface area contributed by atoms with Gasteiger partial charge in [0.05, 0.1) is 0 Å². The average molecular weight is 166 g/mol. The van der Waals surface area contributed by atoms with E-state index in [2.05, 4.69) is 12.2 Å². The number of hydrogen-bond acceptors (Lipinski definition) is 1. The second-order valence-electron chi connectivity index (χ2n) is 2.87. The van der Waals surface area contributed by atoms with Gasteiger partial charge < -0.3 is 0 Å². The molecule has 0 fully saturated rings. The van der Waals surface area contributed by atoms with E-state index in [9.17, 15) is 4.79 Å². The average Bonchev–Trinajstić information content (AvgIpc) is 2.02. The molecule has 0 atom stereocenters. The minimum atomic E-state index is 0.142. The van der Waals surface area contributed by atoms with Crippen molar-refractivity contribution in [2.24, 2.45) is 0 Å². The quantitative estimate of drug-likeness (QED) is 0.336. The summed E-state index contributed by atoms with van der Waals surface area (Å²) in [7, 11) is 0. The zero-order valence-electron chi connectivity index (χ0n) is 8.05. The maximum absolute atomic E-state index is 10.5. The van der Waals surface area contributed by atoms with Gasteiger partial charge in [-0.05, 0) is 45.6 Å². The smallest absolute Gasteiger partial charge is 0.152 e. The van der Waals surface area contributed by atoms with Gasteiger partial charge in [0.2, 0.25) is 0 Å². The summed E-state index contributed by atoms with van der Waals surface area (Å²) in [5.74, 6) is 0.142. The van der Waals surface area contributed by atoms with Crippen molar-refractivity contribution in [1.29, 1.82) is 0 Å². The van der Waals surface area contributed by atoms with Crippen molar-refractivity contribution in [1.82, 2.24) is 0 Å². The first-order valence-corrected chi connectivity index (χ1v) is 4.55. The topological polar surface area (TPSA) is 17.1 Å². The molecule has 0 saturated heterocycles. The molecule has 0 amide bonds. The van der Waals surface area contributed by atoms with E-state index in [1.165, 1.54) is 12.8 Å². The number of carbonyl (C=O) groups excluding carboxylic acids is 1. The van der Waals surface area contributed by atoms with Gasteiger partial charge in [-0.2, -0.15) is 0 Å². The highest BCUT2D eigenvalue weighted by molar-refractivity contribution is 5.87. The molecular formula is C11H18O. The van der Waals surface area contributed by atoms with Gasteiger partial charge >= 0.3 is 0 Å². The molecule has 0 aromatic rings. The predicted molar refractivity (Wildman–Crippen MR) is 53.1 cm³/mol. The number of allylic oxidation sites excluding steroid dienone is 4. The monoisotopic (exact) mass is 166 g/mol. The lowest BCUT2D eigenvalue weighted by Gasteiger charge is -1.91. The van der Waals surface area contributed by atoms with Crippen molar-refractivity contribution < 1.29 is 4.79 Å². The van der Waals surface area contributed by atoms with Crippen molar-refractivity contribution in [3.63, 3.8) is 0 Å². The summed E-state index contributed by atoms with van der Waals surface area (Å²) in [4.78, 5) is 10.5. The molecule has 0 saturated carbocycles. The van der Waals surface area contributed by atoms with Crippen LogP contribution in [0.4, 0.5) is 0 Å². The maximum Gasteiger partial charge on any atom is 0.152 e. The Morgan fingerprint density at radius 1 is 1.17 bits per heavy atom. The molecule has 68 valence electrons. The van der Waals surface area contributed by atoms with Gasteiger partial charge in [0.15, 0.2) is 5.78 Å². The highest BCUT2D eigenvalue weighted by Crippen LogP contribution is 2.01. The fourth-order valence-corrected chi connectivity index (χ4v) is 0.940. The molecule has 0 aliphatic heterocycles. The van der Waals surface area contributed by atoms with Crippen LogP contribution in [0.1, 0.15) is 39.5 Å². The minimum Gasteiger partial charge on any atom is -0.295 e. The van der Waals surface area contributed by atoms with Gasteiger partial charge in [0.1, 0.15) is 0 Å². The zero-order chi connectivity index (χ0) is 9.23. The highest BCUT2D eigenvalue weighted by atomic mass is 16.1. The van der Waals surface area contributed by atoms with E-state index in [-0.39, 0.29) is 5.78 Å². The third-order valence-electron chi connectivity index (χ3n) is 1.58. The summed E-state index contributed by atoms with van der Waals surface area (Å²) in [6.07, 6.45) is 12.4. The molecule has 12 heavy (non-hydrogen) atoms. The number of rotatable bonds is 6. The van der Waals surface area contributed by atoms with Crippen molar-refractivity contribution in [2.75, 3.05) is 0 Å². The third-order valence-corrected chi connectivity index (χ3v) is 1.58. The van der Waals surface area contributed by atoms with Gasteiger partial charge in [-0.15, -0.1) is 0 Å². The van der Waals surface area contributed by atoms with E-state index >= 15 is 0 Å². The molecule has 0 radical (unpaired) electrons. The van der Waals surface area contributed by atoms with Crippen molar-refractivity contribution >= 4 is 5.78 Å². The number of hydrogen-bond donors (Lipinski definition) is 0. The fraction of sp³-hybridized carbons (Fsp3) is 0.545. The Labute approximate surface area is 75.2 Å². The van der Waals surface area contributed by atoms with Gasteiger partial charge in [-0.1, -0.05) is 18.2 Å². The van der Waals surface area contributed by atoms with E-state index in [0.717, 1.165) is 12.8 Å². The summed E-state index contributed by atoms with van der Waals surface area (Å²) < 4.78 is 0. The van der Waals surface area contributed by atoms with Crippen molar-refractivity contribution in [2.45, 2.75) is 39.5 Å². The lowest BCUT2D eigenvalue weighted by atomic mass is 10.2. The van der Waals surface area contributed by atoms with Crippen LogP contribution in [0, 0.1) is 0 Å². The Kier molecular flexibility index (Phi) is 7.66. The Morgan fingerprint density at radius 3 is 2.25 bits per heavy atom. The van der Waals surface area contributed by atoms with Gasteiger partial charge in [0.25, 0.3) is 0 Å². The Balaban J connectivity index is 3.16. The van der Waals surface area contributed by atoms with E-state index in [4.69, 9.17) is 0 Å². The summed E-state index contributed by atoms with van der Waals surface area (Å²) in [5, 5.41) is 0. The summed E-state index contributed by atoms with van der Waals surface area (Å²) in [6, 6.07) is 0. The summed E-state index contributed by atoms with van der Waals surface area (Å²) in [5.41, 5.74) is 0. The van der Waals surface area contributed by atoms with E-state index < -0.39 is 0 Å². The molecular weight excluding hydrogens is 148 g/mol. The molecule has 0 aromatic carbocycles. The molecule has 0 spiro atoms. The Morgan fingerprint density at radius 2 is 1.75 bits per heavy atom. The van der Waals surface area contributed by atoms with Crippen LogP contribution >= 0.6 is 0 Å². The van der Waals surface area contributed by atoms with Gasteiger partial charge in [-0.3, -0.25) is 4.79 Å². The van der Waals surface area contributed by atoms with Crippen LogP contribution in [0.3, 0.4) is 0 Å². The largest absolute Gasteiger partial charge is 0.295 e. The minimum absolute atomic E-state index is 0.142. The fourth-order valence-electron chi connectivity index (χ4n) is 0.940. The molecule has 0 N–H and O–H groups in total. The standard InChI is InChI=1S/C11H18O/c1-3-4-5-6-7-8-9-10-11(2)12/h3-4,9-10H,5-8H2,1-2H3/b4-3+,10-9+. The molecule has 1 heteroatoms. The lowest BCUT2D eigenvalue weighted by Crippen LogP contribution is -1.79.